The molecule has 1 aromatic carbocycles. The van der Waals surface area contributed by atoms with Crippen molar-refractivity contribution in [2.24, 2.45) is 0 Å². The average molecular weight is 326 g/mol. The van der Waals surface area contributed by atoms with Crippen molar-refractivity contribution in [2.75, 3.05) is 6.54 Å². The van der Waals surface area contributed by atoms with Crippen LogP contribution in [0.25, 0.3) is 11.3 Å². The van der Waals surface area contributed by atoms with Crippen LogP contribution in [-0.4, -0.2) is 28.5 Å². The van der Waals surface area contributed by atoms with Crippen LogP contribution in [0.1, 0.15) is 41.6 Å². The summed E-state index contributed by atoms with van der Waals surface area (Å²) in [5.41, 5.74) is 3.34. The molecule has 0 saturated carbocycles. The van der Waals surface area contributed by atoms with Gasteiger partial charge in [-0.2, -0.15) is 0 Å². The number of carbonyl (C=O) groups is 2. The van der Waals surface area contributed by atoms with Crippen LogP contribution in [0.5, 0.6) is 0 Å². The first-order valence-corrected chi connectivity index (χ1v) is 8.10. The molecule has 0 aliphatic rings. The van der Waals surface area contributed by atoms with E-state index in [1.807, 2.05) is 43.3 Å². The van der Waals surface area contributed by atoms with Gasteiger partial charge in [-0.15, -0.1) is 0 Å². The predicted molar refractivity (Wildman–Crippen MR) is 92.8 cm³/mol. The van der Waals surface area contributed by atoms with Crippen LogP contribution in [0.15, 0.2) is 42.6 Å². The van der Waals surface area contributed by atoms with Gasteiger partial charge in [-0.05, 0) is 43.5 Å². The highest BCUT2D eigenvalue weighted by atomic mass is 16.4. The highest BCUT2D eigenvalue weighted by molar-refractivity contribution is 5.97. The summed E-state index contributed by atoms with van der Waals surface area (Å²) in [6.07, 6.45) is 4.12. The van der Waals surface area contributed by atoms with Gasteiger partial charge in [-0.1, -0.05) is 24.6 Å². The van der Waals surface area contributed by atoms with E-state index in [1.54, 1.807) is 6.20 Å². The van der Waals surface area contributed by atoms with Crippen molar-refractivity contribution in [1.82, 2.24) is 10.3 Å². The molecule has 0 fully saturated rings. The van der Waals surface area contributed by atoms with Gasteiger partial charge in [0.2, 0.25) is 0 Å². The number of unbranched alkanes of at least 4 members (excludes halogenated alkanes) is 2. The van der Waals surface area contributed by atoms with Crippen molar-refractivity contribution in [2.45, 2.75) is 32.6 Å². The lowest BCUT2D eigenvalue weighted by Gasteiger charge is -2.11. The topological polar surface area (TPSA) is 79.3 Å². The highest BCUT2D eigenvalue weighted by Crippen LogP contribution is 2.23. The highest BCUT2D eigenvalue weighted by Gasteiger charge is 2.12. The Kier molecular flexibility index (Phi) is 6.49. The SMILES string of the molecule is Cc1c(C(=O)NCCCCCC(=O)O)cccc1-c1ccccn1. The molecule has 5 nitrogen and oxygen atoms in total. The Morgan fingerprint density at radius 1 is 1.08 bits per heavy atom. The summed E-state index contributed by atoms with van der Waals surface area (Å²) >= 11 is 0. The van der Waals surface area contributed by atoms with Gasteiger partial charge in [0.05, 0.1) is 5.69 Å². The van der Waals surface area contributed by atoms with Crippen LogP contribution < -0.4 is 5.32 Å². The third kappa shape index (κ3) is 4.91. The monoisotopic (exact) mass is 326 g/mol. The molecule has 24 heavy (non-hydrogen) atoms. The second kappa shape index (κ2) is 8.82. The summed E-state index contributed by atoms with van der Waals surface area (Å²) in [6, 6.07) is 11.3. The molecule has 0 saturated heterocycles. The molecule has 1 aromatic heterocycles. The number of aromatic nitrogens is 1. The van der Waals surface area contributed by atoms with Crippen molar-refractivity contribution in [3.05, 3.63) is 53.7 Å². The number of nitrogens with zero attached hydrogens (tertiary/aromatic N) is 1. The number of carboxylic acids is 1. The summed E-state index contributed by atoms with van der Waals surface area (Å²) < 4.78 is 0. The Bertz CT molecular complexity index is 699. The second-order valence-corrected chi connectivity index (χ2v) is 5.65. The number of hydrogen-bond donors (Lipinski definition) is 2. The van der Waals surface area contributed by atoms with Gasteiger partial charge in [-0.3, -0.25) is 14.6 Å². The first kappa shape index (κ1) is 17.7. The number of carboxylic acid groups (broad SMARTS) is 1. The van der Waals surface area contributed by atoms with E-state index in [4.69, 9.17) is 5.11 Å². The smallest absolute Gasteiger partial charge is 0.303 e. The summed E-state index contributed by atoms with van der Waals surface area (Å²) in [6.45, 7) is 2.47. The molecule has 1 amide bonds. The summed E-state index contributed by atoms with van der Waals surface area (Å²) in [5.74, 6) is -0.885. The van der Waals surface area contributed by atoms with E-state index in [9.17, 15) is 9.59 Å². The van der Waals surface area contributed by atoms with Gasteiger partial charge in [0.15, 0.2) is 0 Å². The molecule has 126 valence electrons. The lowest BCUT2D eigenvalue weighted by molar-refractivity contribution is -0.137. The van der Waals surface area contributed by atoms with Crippen LogP contribution in [-0.2, 0) is 4.79 Å². The lowest BCUT2D eigenvalue weighted by Crippen LogP contribution is -2.25. The van der Waals surface area contributed by atoms with Crippen LogP contribution in [0.4, 0.5) is 0 Å². The molecule has 0 unspecified atom stereocenters. The molecule has 0 radical (unpaired) electrons. The molecule has 2 aromatic rings. The summed E-state index contributed by atoms with van der Waals surface area (Å²) in [4.78, 5) is 27.1. The normalized spacial score (nSPS) is 10.4. The van der Waals surface area contributed by atoms with E-state index in [1.165, 1.54) is 0 Å². The number of nitrogens with one attached hydrogen (secondary N) is 1. The number of benzene rings is 1. The van der Waals surface area contributed by atoms with Crippen molar-refractivity contribution in [1.29, 1.82) is 0 Å². The summed E-state index contributed by atoms with van der Waals surface area (Å²) in [5, 5.41) is 11.5. The molecule has 0 spiro atoms. The van der Waals surface area contributed by atoms with Gasteiger partial charge in [0.1, 0.15) is 0 Å². The zero-order chi connectivity index (χ0) is 17.4. The van der Waals surface area contributed by atoms with Crippen LogP contribution >= 0.6 is 0 Å². The molecule has 2 rings (SSSR count). The Balaban J connectivity index is 1.94. The Labute approximate surface area is 141 Å². The van der Waals surface area contributed by atoms with E-state index in [0.717, 1.165) is 29.7 Å². The van der Waals surface area contributed by atoms with Crippen LogP contribution in [0.3, 0.4) is 0 Å². The third-order valence-electron chi connectivity index (χ3n) is 3.87. The van der Waals surface area contributed by atoms with Crippen LogP contribution in [0.2, 0.25) is 0 Å². The zero-order valence-electron chi connectivity index (χ0n) is 13.8. The number of rotatable bonds is 8. The molecule has 0 aliphatic heterocycles. The molecule has 2 N–H and O–H groups in total. The van der Waals surface area contributed by atoms with Gasteiger partial charge in [0.25, 0.3) is 5.91 Å². The largest absolute Gasteiger partial charge is 0.481 e. The quantitative estimate of drug-likeness (QED) is 0.728. The first-order valence-electron chi connectivity index (χ1n) is 8.10. The number of hydrogen-bond acceptors (Lipinski definition) is 3. The maximum atomic E-state index is 12.4. The molecule has 0 atom stereocenters. The van der Waals surface area contributed by atoms with Gasteiger partial charge < -0.3 is 10.4 Å². The first-order chi connectivity index (χ1) is 11.6. The van der Waals surface area contributed by atoms with Gasteiger partial charge in [-0.25, -0.2) is 0 Å². The van der Waals surface area contributed by atoms with E-state index < -0.39 is 5.97 Å². The molecule has 1 heterocycles. The summed E-state index contributed by atoms with van der Waals surface area (Å²) in [7, 11) is 0. The fourth-order valence-electron chi connectivity index (χ4n) is 2.56. The third-order valence-corrected chi connectivity index (χ3v) is 3.87. The lowest BCUT2D eigenvalue weighted by atomic mass is 9.99. The molecule has 0 aliphatic carbocycles. The van der Waals surface area contributed by atoms with E-state index in [2.05, 4.69) is 10.3 Å². The fraction of sp³-hybridized carbons (Fsp3) is 0.316. The molecular formula is C19H22N2O3. The van der Waals surface area contributed by atoms with Crippen molar-refractivity contribution in [3.63, 3.8) is 0 Å². The number of amides is 1. The minimum absolute atomic E-state index is 0.108. The van der Waals surface area contributed by atoms with Gasteiger partial charge in [0, 0.05) is 30.3 Å². The minimum Gasteiger partial charge on any atom is -0.481 e. The maximum Gasteiger partial charge on any atom is 0.303 e. The Morgan fingerprint density at radius 2 is 1.92 bits per heavy atom. The fourth-order valence-corrected chi connectivity index (χ4v) is 2.56. The van der Waals surface area contributed by atoms with Gasteiger partial charge >= 0.3 is 5.97 Å². The standard InChI is InChI=1S/C19H22N2O3/c1-14-15(17-10-4-6-12-20-17)8-7-9-16(14)19(24)21-13-5-2-3-11-18(22)23/h4,6-10,12H,2-3,5,11,13H2,1H3,(H,21,24)(H,22,23). The minimum atomic E-state index is -0.777. The van der Waals surface area contributed by atoms with E-state index in [-0.39, 0.29) is 12.3 Å². The molecule has 0 bridgehead atoms. The number of aliphatic carboxylic acids is 1. The predicted octanol–water partition coefficient (Wildman–Crippen LogP) is 3.43. The van der Waals surface area contributed by atoms with Crippen molar-refractivity contribution < 1.29 is 14.7 Å². The second-order valence-electron chi connectivity index (χ2n) is 5.65. The van der Waals surface area contributed by atoms with Crippen LogP contribution in [0, 0.1) is 6.92 Å². The average Bonchev–Trinajstić information content (AvgIpc) is 2.58. The van der Waals surface area contributed by atoms with Crippen molar-refractivity contribution >= 4 is 11.9 Å². The Morgan fingerprint density at radius 3 is 2.62 bits per heavy atom. The van der Waals surface area contributed by atoms with Crippen molar-refractivity contribution in [3.8, 4) is 11.3 Å². The van der Waals surface area contributed by atoms with E-state index >= 15 is 0 Å². The Hall–Kier alpha value is -2.69. The zero-order valence-corrected chi connectivity index (χ0v) is 13.8. The maximum absolute atomic E-state index is 12.4. The molecular weight excluding hydrogens is 304 g/mol. The number of pyridine rings is 1. The molecule has 5 heteroatoms. The number of carbonyl (C=O) groups excluding carboxylic acids is 1. The van der Waals surface area contributed by atoms with E-state index in [0.29, 0.717) is 18.5 Å².